The summed E-state index contributed by atoms with van der Waals surface area (Å²) in [6.07, 6.45) is -3.39. The van der Waals surface area contributed by atoms with E-state index in [1.165, 1.54) is 6.07 Å². The molecule has 1 aliphatic carbocycles. The van der Waals surface area contributed by atoms with E-state index in [1.807, 2.05) is 0 Å². The first kappa shape index (κ1) is 17.3. The molecule has 1 aromatic carbocycles. The van der Waals surface area contributed by atoms with Gasteiger partial charge in [0.15, 0.2) is 6.61 Å². The molecule has 4 nitrogen and oxygen atoms in total. The van der Waals surface area contributed by atoms with Crippen molar-refractivity contribution in [2.45, 2.75) is 38.3 Å². The number of Topliss-reactive ketones (excluding diaryl/α,β-unsaturated/α-hetero) is 1. The molecule has 0 bridgehead atoms. The standard InChI is InChI=1S/C16H17F3O4/c1-2-22-15(21)9-23-14-7-11(10-3-4-13(20)6-10)5-12(8-14)16(17,18)19/h5,7-8,10H,2-4,6,9H2,1H3. The molecule has 23 heavy (non-hydrogen) atoms. The Morgan fingerprint density at radius 3 is 2.61 bits per heavy atom. The molecule has 0 radical (unpaired) electrons. The molecule has 0 aliphatic heterocycles. The minimum absolute atomic E-state index is 0.0430. The summed E-state index contributed by atoms with van der Waals surface area (Å²) in [4.78, 5) is 22.6. The SMILES string of the molecule is CCOC(=O)COc1cc(C2CCC(=O)C2)cc(C(F)(F)F)c1. The van der Waals surface area contributed by atoms with Crippen LogP contribution in [-0.4, -0.2) is 25.0 Å². The maximum Gasteiger partial charge on any atom is 0.416 e. The third-order valence-corrected chi connectivity index (χ3v) is 3.64. The van der Waals surface area contributed by atoms with E-state index in [9.17, 15) is 22.8 Å². The molecular formula is C16H17F3O4. The molecule has 1 atom stereocenters. The van der Waals surface area contributed by atoms with E-state index in [-0.39, 0.29) is 30.5 Å². The zero-order valence-electron chi connectivity index (χ0n) is 12.6. The van der Waals surface area contributed by atoms with Gasteiger partial charge in [-0.3, -0.25) is 4.79 Å². The maximum atomic E-state index is 13.0. The summed E-state index contributed by atoms with van der Waals surface area (Å²) >= 11 is 0. The number of benzene rings is 1. The average Bonchev–Trinajstić information content (AvgIpc) is 2.91. The van der Waals surface area contributed by atoms with Crippen molar-refractivity contribution in [3.8, 4) is 5.75 Å². The lowest BCUT2D eigenvalue weighted by molar-refractivity contribution is -0.145. The van der Waals surface area contributed by atoms with Crippen molar-refractivity contribution in [3.05, 3.63) is 29.3 Å². The molecular weight excluding hydrogens is 313 g/mol. The van der Waals surface area contributed by atoms with Crippen molar-refractivity contribution in [1.29, 1.82) is 0 Å². The van der Waals surface area contributed by atoms with Crippen LogP contribution in [0.1, 0.15) is 43.2 Å². The maximum absolute atomic E-state index is 13.0. The fraction of sp³-hybridized carbons (Fsp3) is 0.500. The number of carbonyl (C=O) groups excluding carboxylic acids is 2. The van der Waals surface area contributed by atoms with Crippen molar-refractivity contribution in [3.63, 3.8) is 0 Å². The molecule has 2 rings (SSSR count). The quantitative estimate of drug-likeness (QED) is 0.776. The van der Waals surface area contributed by atoms with Crippen LogP contribution in [0, 0.1) is 0 Å². The van der Waals surface area contributed by atoms with Crippen LogP contribution >= 0.6 is 0 Å². The van der Waals surface area contributed by atoms with Crippen LogP contribution < -0.4 is 4.74 Å². The van der Waals surface area contributed by atoms with Gasteiger partial charge < -0.3 is 9.47 Å². The molecule has 1 aromatic rings. The Morgan fingerprint density at radius 1 is 1.30 bits per heavy atom. The fourth-order valence-corrected chi connectivity index (χ4v) is 2.55. The van der Waals surface area contributed by atoms with Gasteiger partial charge in [-0.2, -0.15) is 13.2 Å². The van der Waals surface area contributed by atoms with Crippen molar-refractivity contribution < 1.29 is 32.2 Å². The molecule has 1 saturated carbocycles. The molecule has 0 heterocycles. The summed E-state index contributed by atoms with van der Waals surface area (Å²) in [6.45, 7) is 1.33. The number of hydrogen-bond acceptors (Lipinski definition) is 4. The molecule has 0 saturated heterocycles. The van der Waals surface area contributed by atoms with Crippen LogP contribution in [0.3, 0.4) is 0 Å². The Morgan fingerprint density at radius 2 is 2.04 bits per heavy atom. The lowest BCUT2D eigenvalue weighted by Gasteiger charge is -2.16. The first-order valence-electron chi connectivity index (χ1n) is 7.32. The van der Waals surface area contributed by atoms with Gasteiger partial charge in [0.1, 0.15) is 11.5 Å². The Balaban J connectivity index is 2.23. The highest BCUT2D eigenvalue weighted by Crippen LogP contribution is 2.38. The summed E-state index contributed by atoms with van der Waals surface area (Å²) in [7, 11) is 0. The van der Waals surface area contributed by atoms with Crippen LogP contribution in [0.2, 0.25) is 0 Å². The van der Waals surface area contributed by atoms with Gasteiger partial charge in [-0.25, -0.2) is 4.79 Å². The van der Waals surface area contributed by atoms with Crippen molar-refractivity contribution in [1.82, 2.24) is 0 Å². The van der Waals surface area contributed by atoms with Gasteiger partial charge >= 0.3 is 12.1 Å². The number of halogens is 3. The van der Waals surface area contributed by atoms with Crippen LogP contribution in [-0.2, 0) is 20.5 Å². The predicted octanol–water partition coefficient (Wildman–Crippen LogP) is 3.48. The number of esters is 1. The average molecular weight is 330 g/mol. The zero-order chi connectivity index (χ0) is 17.0. The highest BCUT2D eigenvalue weighted by atomic mass is 19.4. The van der Waals surface area contributed by atoms with E-state index in [1.54, 1.807) is 6.92 Å². The van der Waals surface area contributed by atoms with Crippen LogP contribution in [0.25, 0.3) is 0 Å². The lowest BCUT2D eigenvalue weighted by Crippen LogP contribution is -2.15. The van der Waals surface area contributed by atoms with Crippen molar-refractivity contribution in [2.24, 2.45) is 0 Å². The Hall–Kier alpha value is -2.05. The number of hydrogen-bond donors (Lipinski definition) is 0. The molecule has 7 heteroatoms. The van der Waals surface area contributed by atoms with Crippen molar-refractivity contribution >= 4 is 11.8 Å². The van der Waals surface area contributed by atoms with Gasteiger partial charge in [0.25, 0.3) is 0 Å². The first-order valence-corrected chi connectivity index (χ1v) is 7.32. The normalized spacial score (nSPS) is 18.1. The smallest absolute Gasteiger partial charge is 0.416 e. The van der Waals surface area contributed by atoms with Gasteiger partial charge in [0.05, 0.1) is 12.2 Å². The number of ether oxygens (including phenoxy) is 2. The first-order chi connectivity index (χ1) is 10.8. The third-order valence-electron chi connectivity index (χ3n) is 3.64. The number of alkyl halides is 3. The zero-order valence-corrected chi connectivity index (χ0v) is 12.6. The van der Waals surface area contributed by atoms with Crippen molar-refractivity contribution in [2.75, 3.05) is 13.2 Å². The van der Waals surface area contributed by atoms with E-state index in [0.29, 0.717) is 18.4 Å². The molecule has 1 unspecified atom stereocenters. The number of ketones is 1. The Bertz CT molecular complexity index is 595. The molecule has 126 valence electrons. The molecule has 0 aromatic heterocycles. The fourth-order valence-electron chi connectivity index (χ4n) is 2.55. The second-order valence-corrected chi connectivity index (χ2v) is 5.36. The van der Waals surface area contributed by atoms with E-state index in [2.05, 4.69) is 4.74 Å². The second kappa shape index (κ2) is 7.02. The topological polar surface area (TPSA) is 52.6 Å². The van der Waals surface area contributed by atoms with Crippen LogP contribution in [0.5, 0.6) is 5.75 Å². The molecule has 0 N–H and O–H groups in total. The van der Waals surface area contributed by atoms with Crippen LogP contribution in [0.15, 0.2) is 18.2 Å². The summed E-state index contributed by atoms with van der Waals surface area (Å²) in [5.41, 5.74) is -0.447. The molecule has 0 amide bonds. The van der Waals surface area contributed by atoms with Gasteiger partial charge in [-0.05, 0) is 43.0 Å². The highest BCUT2D eigenvalue weighted by molar-refractivity contribution is 5.81. The largest absolute Gasteiger partial charge is 0.482 e. The lowest BCUT2D eigenvalue weighted by atomic mass is 9.95. The minimum Gasteiger partial charge on any atom is -0.482 e. The van der Waals surface area contributed by atoms with E-state index >= 15 is 0 Å². The summed E-state index contributed by atoms with van der Waals surface area (Å²) in [5.74, 6) is -0.902. The van der Waals surface area contributed by atoms with Crippen LogP contribution in [0.4, 0.5) is 13.2 Å². The monoisotopic (exact) mass is 330 g/mol. The minimum atomic E-state index is -4.53. The Labute approximate surface area is 131 Å². The van der Waals surface area contributed by atoms with Gasteiger partial charge in [-0.1, -0.05) is 0 Å². The van der Waals surface area contributed by atoms with E-state index in [0.717, 1.165) is 12.1 Å². The third kappa shape index (κ3) is 4.71. The molecule has 0 spiro atoms. The number of rotatable bonds is 5. The van der Waals surface area contributed by atoms with Gasteiger partial charge in [-0.15, -0.1) is 0 Å². The highest BCUT2D eigenvalue weighted by Gasteiger charge is 2.33. The summed E-state index contributed by atoms with van der Waals surface area (Å²) in [6, 6.07) is 3.34. The van der Waals surface area contributed by atoms with Gasteiger partial charge in [0.2, 0.25) is 0 Å². The van der Waals surface area contributed by atoms with Gasteiger partial charge in [0, 0.05) is 12.8 Å². The predicted molar refractivity (Wildman–Crippen MR) is 75.2 cm³/mol. The number of carbonyl (C=O) groups is 2. The molecule has 1 fully saturated rings. The summed E-state index contributed by atoms with van der Waals surface area (Å²) < 4.78 is 48.8. The van der Waals surface area contributed by atoms with E-state index in [4.69, 9.17) is 4.74 Å². The van der Waals surface area contributed by atoms with E-state index < -0.39 is 24.3 Å². The Kier molecular flexibility index (Phi) is 5.28. The molecule has 1 aliphatic rings. The summed E-state index contributed by atoms with van der Waals surface area (Å²) in [5, 5.41) is 0. The second-order valence-electron chi connectivity index (χ2n) is 5.36.